The molecular weight excluding hydrogens is 230 g/mol. The van der Waals surface area contributed by atoms with Crippen molar-refractivity contribution in [3.05, 3.63) is 53.9 Å². The Kier molecular flexibility index (Phi) is 3.19. The van der Waals surface area contributed by atoms with E-state index in [1.54, 1.807) is 18.2 Å². The molecule has 1 aromatic carbocycles. The zero-order valence-electron chi connectivity index (χ0n) is 9.75. The molecule has 4 heteroatoms. The summed E-state index contributed by atoms with van der Waals surface area (Å²) < 4.78 is 0. The lowest BCUT2D eigenvalue weighted by atomic mass is 9.99. The first-order valence-electron chi connectivity index (χ1n) is 5.39. The van der Waals surface area contributed by atoms with Gasteiger partial charge in [0, 0.05) is 17.3 Å². The van der Waals surface area contributed by atoms with Crippen molar-refractivity contribution >= 4 is 11.8 Å². The number of benzene rings is 1. The molecule has 1 heterocycles. The summed E-state index contributed by atoms with van der Waals surface area (Å²) in [7, 11) is 0. The first-order valence-corrected chi connectivity index (χ1v) is 5.39. The van der Waals surface area contributed by atoms with E-state index >= 15 is 0 Å². The number of hydrogen-bond acceptors (Lipinski definition) is 3. The average molecular weight is 241 g/mol. The Morgan fingerprint density at radius 3 is 2.39 bits per heavy atom. The molecule has 1 N–H and O–H groups in total. The molecule has 18 heavy (non-hydrogen) atoms. The van der Waals surface area contributed by atoms with E-state index in [-0.39, 0.29) is 11.5 Å². The highest BCUT2D eigenvalue weighted by molar-refractivity contribution is 6.00. The number of aromatic nitrogens is 1. The van der Waals surface area contributed by atoms with Gasteiger partial charge < -0.3 is 5.11 Å². The third kappa shape index (κ3) is 2.27. The average Bonchev–Trinajstić information content (AvgIpc) is 2.39. The van der Waals surface area contributed by atoms with Gasteiger partial charge in [0.1, 0.15) is 5.69 Å². The van der Waals surface area contributed by atoms with Crippen LogP contribution in [0.3, 0.4) is 0 Å². The third-order valence-corrected chi connectivity index (χ3v) is 2.60. The molecule has 0 bridgehead atoms. The van der Waals surface area contributed by atoms with Gasteiger partial charge in [-0.05, 0) is 18.6 Å². The van der Waals surface area contributed by atoms with Crippen molar-refractivity contribution in [3.63, 3.8) is 0 Å². The Labute approximate surface area is 104 Å². The van der Waals surface area contributed by atoms with Gasteiger partial charge in [-0.3, -0.25) is 4.79 Å². The molecule has 0 spiro atoms. The topological polar surface area (TPSA) is 67.3 Å². The Morgan fingerprint density at radius 1 is 1.11 bits per heavy atom. The van der Waals surface area contributed by atoms with Crippen LogP contribution < -0.4 is 0 Å². The van der Waals surface area contributed by atoms with Crippen molar-refractivity contribution in [1.82, 2.24) is 4.98 Å². The number of rotatable bonds is 3. The van der Waals surface area contributed by atoms with Crippen LogP contribution in [0, 0.1) is 0 Å². The first kappa shape index (κ1) is 12.0. The molecule has 0 amide bonds. The minimum absolute atomic E-state index is 0.0148. The van der Waals surface area contributed by atoms with Crippen molar-refractivity contribution in [2.45, 2.75) is 6.92 Å². The molecule has 90 valence electrons. The van der Waals surface area contributed by atoms with Crippen molar-refractivity contribution in [3.8, 4) is 11.1 Å². The fourth-order valence-corrected chi connectivity index (χ4v) is 1.72. The summed E-state index contributed by atoms with van der Waals surface area (Å²) in [6, 6.07) is 10.2. The summed E-state index contributed by atoms with van der Waals surface area (Å²) in [5.74, 6) is -1.10. The Bertz CT molecular complexity index is 603. The largest absolute Gasteiger partial charge is 0.477 e. The molecule has 1 aromatic heterocycles. The Morgan fingerprint density at radius 2 is 1.83 bits per heavy atom. The maximum Gasteiger partial charge on any atom is 0.354 e. The number of aromatic carboxylic acids is 1. The van der Waals surface area contributed by atoms with E-state index in [2.05, 4.69) is 4.98 Å². The van der Waals surface area contributed by atoms with Crippen LogP contribution in [0.25, 0.3) is 11.1 Å². The zero-order chi connectivity index (χ0) is 13.1. The molecule has 0 fully saturated rings. The van der Waals surface area contributed by atoms with Crippen LogP contribution in [0.5, 0.6) is 0 Å². The highest BCUT2D eigenvalue weighted by Gasteiger charge is 2.10. The van der Waals surface area contributed by atoms with Crippen molar-refractivity contribution < 1.29 is 14.7 Å². The Hall–Kier alpha value is -2.49. The number of pyridine rings is 1. The summed E-state index contributed by atoms with van der Waals surface area (Å²) >= 11 is 0. The van der Waals surface area contributed by atoms with E-state index in [9.17, 15) is 9.59 Å². The molecule has 0 radical (unpaired) electrons. The predicted molar refractivity (Wildman–Crippen MR) is 66.6 cm³/mol. The third-order valence-electron chi connectivity index (χ3n) is 2.60. The number of nitrogens with zero attached hydrogens (tertiary/aromatic N) is 1. The number of carbonyl (C=O) groups excluding carboxylic acids is 1. The van der Waals surface area contributed by atoms with Gasteiger partial charge in [0.2, 0.25) is 0 Å². The standard InChI is InChI=1S/C14H11NO3/c1-9(16)11-4-2-3-5-12(11)10-6-7-13(14(17)18)15-8-10/h2-8H,1H3,(H,17,18). The molecule has 0 aliphatic carbocycles. The van der Waals surface area contributed by atoms with E-state index in [1.807, 2.05) is 12.1 Å². The minimum atomic E-state index is -1.07. The lowest BCUT2D eigenvalue weighted by molar-refractivity contribution is 0.0690. The van der Waals surface area contributed by atoms with E-state index in [4.69, 9.17) is 5.11 Å². The first-order chi connectivity index (χ1) is 8.59. The molecule has 0 unspecified atom stereocenters. The van der Waals surface area contributed by atoms with Gasteiger partial charge in [0.15, 0.2) is 5.78 Å². The Balaban J connectivity index is 2.49. The van der Waals surface area contributed by atoms with E-state index in [1.165, 1.54) is 19.2 Å². The van der Waals surface area contributed by atoms with Gasteiger partial charge in [-0.25, -0.2) is 9.78 Å². The van der Waals surface area contributed by atoms with Crippen LogP contribution in [0.15, 0.2) is 42.6 Å². The maximum atomic E-state index is 11.5. The number of carboxylic acids is 1. The maximum absolute atomic E-state index is 11.5. The summed E-state index contributed by atoms with van der Waals surface area (Å²) in [4.78, 5) is 26.1. The van der Waals surface area contributed by atoms with Crippen LogP contribution in [0.2, 0.25) is 0 Å². The van der Waals surface area contributed by atoms with Crippen LogP contribution in [-0.2, 0) is 0 Å². The van der Waals surface area contributed by atoms with E-state index < -0.39 is 5.97 Å². The predicted octanol–water partition coefficient (Wildman–Crippen LogP) is 2.65. The zero-order valence-corrected chi connectivity index (χ0v) is 9.75. The van der Waals surface area contributed by atoms with Gasteiger partial charge in [0.05, 0.1) is 0 Å². The molecule has 2 rings (SSSR count). The molecular formula is C14H11NO3. The fraction of sp³-hybridized carbons (Fsp3) is 0.0714. The number of hydrogen-bond donors (Lipinski definition) is 1. The SMILES string of the molecule is CC(=O)c1ccccc1-c1ccc(C(=O)O)nc1. The number of Topliss-reactive ketones (excluding diaryl/α,β-unsaturated/α-hetero) is 1. The van der Waals surface area contributed by atoms with Gasteiger partial charge >= 0.3 is 5.97 Å². The smallest absolute Gasteiger partial charge is 0.354 e. The second kappa shape index (κ2) is 4.79. The molecule has 4 nitrogen and oxygen atoms in total. The molecule has 0 saturated heterocycles. The van der Waals surface area contributed by atoms with E-state index in [0.29, 0.717) is 5.56 Å². The number of carboxylic acid groups (broad SMARTS) is 1. The summed E-state index contributed by atoms with van der Waals surface area (Å²) in [6.45, 7) is 1.50. The van der Waals surface area contributed by atoms with E-state index in [0.717, 1.165) is 11.1 Å². The highest BCUT2D eigenvalue weighted by Crippen LogP contribution is 2.23. The molecule has 0 aliphatic heterocycles. The highest BCUT2D eigenvalue weighted by atomic mass is 16.4. The van der Waals surface area contributed by atoms with Gasteiger partial charge in [-0.15, -0.1) is 0 Å². The lowest BCUT2D eigenvalue weighted by Crippen LogP contribution is -2.00. The number of carbonyl (C=O) groups is 2. The van der Waals surface area contributed by atoms with Crippen molar-refractivity contribution in [1.29, 1.82) is 0 Å². The van der Waals surface area contributed by atoms with Crippen LogP contribution in [0.1, 0.15) is 27.8 Å². The quantitative estimate of drug-likeness (QED) is 0.839. The summed E-state index contributed by atoms with van der Waals surface area (Å²) in [5, 5.41) is 8.77. The fourth-order valence-electron chi connectivity index (χ4n) is 1.72. The second-order valence-corrected chi connectivity index (χ2v) is 3.84. The van der Waals surface area contributed by atoms with Crippen molar-refractivity contribution in [2.24, 2.45) is 0 Å². The van der Waals surface area contributed by atoms with Crippen LogP contribution in [-0.4, -0.2) is 21.8 Å². The molecule has 0 atom stereocenters. The van der Waals surface area contributed by atoms with Crippen LogP contribution >= 0.6 is 0 Å². The summed E-state index contributed by atoms with van der Waals surface area (Å²) in [6.07, 6.45) is 1.46. The molecule has 0 aliphatic rings. The molecule has 2 aromatic rings. The lowest BCUT2D eigenvalue weighted by Gasteiger charge is -2.06. The van der Waals surface area contributed by atoms with Crippen molar-refractivity contribution in [2.75, 3.05) is 0 Å². The monoisotopic (exact) mass is 241 g/mol. The minimum Gasteiger partial charge on any atom is -0.477 e. The van der Waals surface area contributed by atoms with Crippen LogP contribution in [0.4, 0.5) is 0 Å². The van der Waals surface area contributed by atoms with Gasteiger partial charge in [-0.1, -0.05) is 30.3 Å². The second-order valence-electron chi connectivity index (χ2n) is 3.84. The number of ketones is 1. The summed E-state index contributed by atoms with van der Waals surface area (Å²) in [5.41, 5.74) is 2.07. The molecule has 0 saturated carbocycles. The van der Waals surface area contributed by atoms with Gasteiger partial charge in [0.25, 0.3) is 0 Å². The normalized spacial score (nSPS) is 10.1. The van der Waals surface area contributed by atoms with Gasteiger partial charge in [-0.2, -0.15) is 0 Å².